The minimum Gasteiger partial charge on any atom is -0.324 e. The molecule has 2 aromatic carbocycles. The number of nitro benzene ring substituents is 1. The number of nitrogens with zero attached hydrogens (tertiary/aromatic N) is 3. The summed E-state index contributed by atoms with van der Waals surface area (Å²) in [6.45, 7) is 1.76. The normalized spacial score (nSPS) is 10.9. The highest BCUT2D eigenvalue weighted by molar-refractivity contribution is 9.10. The van der Waals surface area contributed by atoms with Gasteiger partial charge in [0.25, 0.3) is 11.2 Å². The van der Waals surface area contributed by atoms with Crippen molar-refractivity contribution in [3.8, 4) is 11.1 Å². The quantitative estimate of drug-likeness (QED) is 0.289. The second-order valence-electron chi connectivity index (χ2n) is 6.97. The van der Waals surface area contributed by atoms with Crippen LogP contribution in [0.3, 0.4) is 0 Å². The summed E-state index contributed by atoms with van der Waals surface area (Å²) in [5.41, 5.74) is 1.59. The summed E-state index contributed by atoms with van der Waals surface area (Å²) in [6, 6.07) is 13.3. The molecule has 0 aliphatic carbocycles. The van der Waals surface area contributed by atoms with Gasteiger partial charge >= 0.3 is 0 Å². The van der Waals surface area contributed by atoms with E-state index in [1.165, 1.54) is 40.4 Å². The number of amides is 1. The van der Waals surface area contributed by atoms with Gasteiger partial charge in [0.15, 0.2) is 0 Å². The van der Waals surface area contributed by atoms with Gasteiger partial charge in [-0.25, -0.2) is 4.98 Å². The molecule has 10 heteroatoms. The summed E-state index contributed by atoms with van der Waals surface area (Å²) in [7, 11) is 0. The fraction of sp³-hybridized carbons (Fsp3) is 0.136. The fourth-order valence-electron chi connectivity index (χ4n) is 3.41. The molecule has 8 nitrogen and oxygen atoms in total. The number of carbonyl (C=O) groups excluding carboxylic acids is 1. The minimum atomic E-state index is -0.538. The van der Waals surface area contributed by atoms with Crippen molar-refractivity contribution in [2.24, 2.45) is 0 Å². The molecule has 32 heavy (non-hydrogen) atoms. The number of non-ortho nitro benzene ring substituents is 1. The van der Waals surface area contributed by atoms with Gasteiger partial charge in [-0.3, -0.25) is 24.3 Å². The highest BCUT2D eigenvalue weighted by Crippen LogP contribution is 2.36. The molecule has 0 atom stereocenters. The molecule has 0 aliphatic heterocycles. The second kappa shape index (κ2) is 9.01. The van der Waals surface area contributed by atoms with Crippen LogP contribution in [0.5, 0.6) is 0 Å². The highest BCUT2D eigenvalue weighted by Gasteiger charge is 2.19. The SMILES string of the molecule is CCc1sc2ncn(CC(=O)Nc3cccc([N+](=O)[O-])c3)c(=O)c2c1-c1ccc(Br)cc1. The van der Waals surface area contributed by atoms with Crippen molar-refractivity contribution in [1.29, 1.82) is 0 Å². The van der Waals surface area contributed by atoms with Gasteiger partial charge in [0.1, 0.15) is 11.4 Å². The third-order valence-corrected chi connectivity index (χ3v) is 6.63. The Morgan fingerprint density at radius 2 is 2.00 bits per heavy atom. The molecule has 162 valence electrons. The number of benzene rings is 2. The maximum absolute atomic E-state index is 13.3. The molecule has 0 fully saturated rings. The Morgan fingerprint density at radius 3 is 2.69 bits per heavy atom. The second-order valence-corrected chi connectivity index (χ2v) is 8.97. The zero-order chi connectivity index (χ0) is 22.8. The lowest BCUT2D eigenvalue weighted by atomic mass is 10.0. The van der Waals surface area contributed by atoms with Gasteiger partial charge in [-0.1, -0.05) is 41.1 Å². The summed E-state index contributed by atoms with van der Waals surface area (Å²) >= 11 is 4.90. The molecule has 0 saturated heterocycles. The molecule has 4 rings (SSSR count). The van der Waals surface area contributed by atoms with E-state index in [4.69, 9.17) is 0 Å². The number of nitrogens with one attached hydrogen (secondary N) is 1. The molecule has 0 aliphatic rings. The summed E-state index contributed by atoms with van der Waals surface area (Å²) in [5, 5.41) is 14.0. The van der Waals surface area contributed by atoms with Crippen molar-refractivity contribution in [3.05, 3.63) is 84.7 Å². The van der Waals surface area contributed by atoms with E-state index in [9.17, 15) is 19.7 Å². The Hall–Kier alpha value is -3.37. The van der Waals surface area contributed by atoms with Crippen LogP contribution in [0.25, 0.3) is 21.3 Å². The average Bonchev–Trinajstić information content (AvgIpc) is 3.16. The lowest BCUT2D eigenvalue weighted by Crippen LogP contribution is -2.27. The van der Waals surface area contributed by atoms with E-state index >= 15 is 0 Å². The number of halogens is 1. The molecule has 0 saturated carbocycles. The molecule has 2 heterocycles. The van der Waals surface area contributed by atoms with Crippen molar-refractivity contribution in [3.63, 3.8) is 0 Å². The van der Waals surface area contributed by atoms with Crippen molar-refractivity contribution in [2.45, 2.75) is 19.9 Å². The number of aryl methyl sites for hydroxylation is 1. The Bertz CT molecular complexity index is 1400. The first kappa shape index (κ1) is 21.8. The number of nitro groups is 1. The Labute approximate surface area is 194 Å². The Kier molecular flexibility index (Phi) is 6.15. The van der Waals surface area contributed by atoms with Crippen molar-refractivity contribution >= 4 is 54.8 Å². The first-order chi connectivity index (χ1) is 15.4. The van der Waals surface area contributed by atoms with Crippen LogP contribution in [-0.2, 0) is 17.8 Å². The topological polar surface area (TPSA) is 107 Å². The lowest BCUT2D eigenvalue weighted by Gasteiger charge is -2.08. The van der Waals surface area contributed by atoms with E-state index in [0.717, 1.165) is 26.9 Å². The smallest absolute Gasteiger partial charge is 0.271 e. The molecule has 1 N–H and O–H groups in total. The number of hydrogen-bond acceptors (Lipinski definition) is 6. The van der Waals surface area contributed by atoms with Crippen molar-refractivity contribution in [1.82, 2.24) is 9.55 Å². The summed E-state index contributed by atoms with van der Waals surface area (Å²) in [6.07, 6.45) is 2.11. The number of aromatic nitrogens is 2. The first-order valence-electron chi connectivity index (χ1n) is 9.68. The van der Waals surface area contributed by atoms with Gasteiger partial charge in [-0.15, -0.1) is 11.3 Å². The van der Waals surface area contributed by atoms with Gasteiger partial charge in [-0.2, -0.15) is 0 Å². The predicted octanol–water partition coefficient (Wildman–Crippen LogP) is 5.00. The number of rotatable bonds is 6. The molecule has 1 amide bonds. The molecular formula is C22H17BrN4O4S. The van der Waals surface area contributed by atoms with Crippen LogP contribution in [0.15, 0.2) is 64.1 Å². The maximum Gasteiger partial charge on any atom is 0.271 e. The number of carbonyl (C=O) groups is 1. The van der Waals surface area contributed by atoms with E-state index in [1.54, 1.807) is 6.07 Å². The zero-order valence-electron chi connectivity index (χ0n) is 16.9. The van der Waals surface area contributed by atoms with Crippen molar-refractivity contribution in [2.75, 3.05) is 5.32 Å². The van der Waals surface area contributed by atoms with Gasteiger partial charge < -0.3 is 5.32 Å². The molecule has 0 spiro atoms. The number of anilines is 1. The molecule has 0 bridgehead atoms. The molecule has 4 aromatic rings. The van der Waals surface area contributed by atoms with Crippen molar-refractivity contribution < 1.29 is 9.72 Å². The number of thiophene rings is 1. The zero-order valence-corrected chi connectivity index (χ0v) is 19.3. The van der Waals surface area contributed by atoms with Crippen LogP contribution >= 0.6 is 27.3 Å². The third kappa shape index (κ3) is 4.32. The standard InChI is InChI=1S/C22H17BrN4O4S/c1-2-17-19(13-6-8-14(23)9-7-13)20-21(32-17)24-12-26(22(20)29)11-18(28)25-15-4-3-5-16(10-15)27(30)31/h3-10,12H,2,11H2,1H3,(H,25,28). The average molecular weight is 513 g/mol. The monoisotopic (exact) mass is 512 g/mol. The van der Waals surface area contributed by atoms with E-state index in [-0.39, 0.29) is 23.5 Å². The van der Waals surface area contributed by atoms with Gasteiger partial charge in [0.2, 0.25) is 5.91 Å². The van der Waals surface area contributed by atoms with E-state index in [1.807, 2.05) is 31.2 Å². The van der Waals surface area contributed by atoms with E-state index in [0.29, 0.717) is 10.2 Å². The van der Waals surface area contributed by atoms with E-state index in [2.05, 4.69) is 26.2 Å². The van der Waals surface area contributed by atoms with Crippen LogP contribution in [0.1, 0.15) is 11.8 Å². The number of fused-ring (bicyclic) bond motifs is 1. The minimum absolute atomic E-state index is 0.132. The Balaban J connectivity index is 1.69. The molecular weight excluding hydrogens is 496 g/mol. The molecule has 0 radical (unpaired) electrons. The summed E-state index contributed by atoms with van der Waals surface area (Å²) in [4.78, 5) is 42.3. The highest BCUT2D eigenvalue weighted by atomic mass is 79.9. The number of hydrogen-bond donors (Lipinski definition) is 1. The predicted molar refractivity (Wildman–Crippen MR) is 128 cm³/mol. The molecule has 0 unspecified atom stereocenters. The van der Waals surface area contributed by atoms with Crippen LogP contribution in [-0.4, -0.2) is 20.4 Å². The summed E-state index contributed by atoms with van der Waals surface area (Å²) < 4.78 is 2.19. The van der Waals surface area contributed by atoms with Crippen LogP contribution in [0, 0.1) is 10.1 Å². The largest absolute Gasteiger partial charge is 0.324 e. The maximum atomic E-state index is 13.3. The van der Waals surface area contributed by atoms with Gasteiger partial charge in [0.05, 0.1) is 16.6 Å². The third-order valence-electron chi connectivity index (χ3n) is 4.86. The Morgan fingerprint density at radius 1 is 1.25 bits per heavy atom. The summed E-state index contributed by atoms with van der Waals surface area (Å²) in [5.74, 6) is -0.482. The van der Waals surface area contributed by atoms with Gasteiger partial charge in [-0.05, 0) is 30.2 Å². The fourth-order valence-corrected chi connectivity index (χ4v) is 4.76. The van der Waals surface area contributed by atoms with Crippen LogP contribution < -0.4 is 10.9 Å². The molecule has 2 aromatic heterocycles. The van der Waals surface area contributed by atoms with Crippen LogP contribution in [0.2, 0.25) is 0 Å². The van der Waals surface area contributed by atoms with Crippen LogP contribution in [0.4, 0.5) is 11.4 Å². The lowest BCUT2D eigenvalue weighted by molar-refractivity contribution is -0.384. The van der Waals surface area contributed by atoms with Gasteiger partial charge in [0, 0.05) is 32.7 Å². The van der Waals surface area contributed by atoms with E-state index < -0.39 is 10.8 Å². The first-order valence-corrected chi connectivity index (χ1v) is 11.3.